The number of urea groups is 1. The Bertz CT molecular complexity index is 543. The third kappa shape index (κ3) is 4.32. The quantitative estimate of drug-likeness (QED) is 0.793. The van der Waals surface area contributed by atoms with E-state index in [9.17, 15) is 14.3 Å². The van der Waals surface area contributed by atoms with Crippen molar-refractivity contribution in [1.82, 2.24) is 10.6 Å². The minimum Gasteiger partial charge on any atom is -0.386 e. The first-order valence-electron chi connectivity index (χ1n) is 6.13. The van der Waals surface area contributed by atoms with Crippen molar-refractivity contribution in [1.29, 1.82) is 0 Å². The van der Waals surface area contributed by atoms with E-state index in [4.69, 9.17) is 0 Å². The van der Waals surface area contributed by atoms with Crippen molar-refractivity contribution in [2.75, 3.05) is 6.54 Å². The van der Waals surface area contributed by atoms with E-state index in [-0.39, 0.29) is 18.4 Å². The monoisotopic (exact) mass is 294 g/mol. The number of hydrogen-bond acceptors (Lipinski definition) is 3. The molecule has 2 rings (SSSR count). The summed E-state index contributed by atoms with van der Waals surface area (Å²) in [6.07, 6.45) is -0.702. The summed E-state index contributed by atoms with van der Waals surface area (Å²) < 4.78 is 12.7. The number of aliphatic hydroxyl groups excluding tert-OH is 1. The van der Waals surface area contributed by atoms with Gasteiger partial charge in [-0.2, -0.15) is 0 Å². The number of halogens is 1. The lowest BCUT2D eigenvalue weighted by Gasteiger charge is -2.11. The molecule has 0 saturated carbocycles. The number of benzene rings is 1. The molecule has 0 saturated heterocycles. The topological polar surface area (TPSA) is 61.4 Å². The third-order valence-electron chi connectivity index (χ3n) is 2.69. The number of thiophene rings is 1. The second-order valence-corrected chi connectivity index (χ2v) is 5.20. The third-order valence-corrected chi connectivity index (χ3v) is 3.67. The number of carbonyl (C=O) groups excluding carboxylic acids is 1. The smallest absolute Gasteiger partial charge is 0.315 e. The van der Waals surface area contributed by atoms with E-state index in [2.05, 4.69) is 10.6 Å². The van der Waals surface area contributed by atoms with Gasteiger partial charge in [-0.15, -0.1) is 11.3 Å². The zero-order valence-electron chi connectivity index (χ0n) is 10.7. The Morgan fingerprint density at radius 1 is 1.25 bits per heavy atom. The van der Waals surface area contributed by atoms with Gasteiger partial charge in [0.2, 0.25) is 0 Å². The molecule has 1 aromatic carbocycles. The van der Waals surface area contributed by atoms with E-state index in [1.807, 2.05) is 17.5 Å². The second-order valence-electron chi connectivity index (χ2n) is 4.22. The van der Waals surface area contributed by atoms with E-state index in [1.165, 1.54) is 23.5 Å². The molecule has 0 aliphatic carbocycles. The molecule has 0 spiro atoms. The van der Waals surface area contributed by atoms with Crippen molar-refractivity contribution in [2.24, 2.45) is 0 Å². The fourth-order valence-corrected chi connectivity index (χ4v) is 2.33. The van der Waals surface area contributed by atoms with Gasteiger partial charge >= 0.3 is 6.03 Å². The lowest BCUT2D eigenvalue weighted by Crippen LogP contribution is -2.37. The van der Waals surface area contributed by atoms with Gasteiger partial charge in [0.15, 0.2) is 0 Å². The Balaban J connectivity index is 1.71. The van der Waals surface area contributed by atoms with Gasteiger partial charge in [-0.1, -0.05) is 18.2 Å². The normalized spacial score (nSPS) is 11.9. The van der Waals surface area contributed by atoms with Gasteiger partial charge in [-0.05, 0) is 29.1 Å². The van der Waals surface area contributed by atoms with Crippen LogP contribution in [0, 0.1) is 5.82 Å². The van der Waals surface area contributed by atoms with Crippen molar-refractivity contribution in [3.63, 3.8) is 0 Å². The van der Waals surface area contributed by atoms with Gasteiger partial charge < -0.3 is 15.7 Å². The Kier molecular flexibility index (Phi) is 5.09. The standard InChI is InChI=1S/C14H15FN2O2S/c15-11-5-3-10(4-6-11)8-16-14(19)17-9-12(18)13-2-1-7-20-13/h1-7,12,18H,8-9H2,(H2,16,17,19)/t12-/m0/s1. The first-order valence-corrected chi connectivity index (χ1v) is 7.01. The van der Waals surface area contributed by atoms with Gasteiger partial charge in [0.05, 0.1) is 6.54 Å². The molecule has 20 heavy (non-hydrogen) atoms. The molecule has 3 N–H and O–H groups in total. The molecule has 0 unspecified atom stereocenters. The summed E-state index contributed by atoms with van der Waals surface area (Å²) in [5, 5.41) is 16.9. The average molecular weight is 294 g/mol. The Morgan fingerprint density at radius 2 is 2.00 bits per heavy atom. The van der Waals surface area contributed by atoms with Gasteiger partial charge in [-0.3, -0.25) is 0 Å². The van der Waals surface area contributed by atoms with Crippen molar-refractivity contribution in [2.45, 2.75) is 12.6 Å². The molecule has 0 aliphatic rings. The highest BCUT2D eigenvalue weighted by Gasteiger charge is 2.09. The molecule has 0 radical (unpaired) electrons. The van der Waals surface area contributed by atoms with Crippen LogP contribution in [0.3, 0.4) is 0 Å². The molecule has 6 heteroatoms. The lowest BCUT2D eigenvalue weighted by molar-refractivity contribution is 0.176. The maximum atomic E-state index is 12.7. The lowest BCUT2D eigenvalue weighted by atomic mass is 10.2. The maximum absolute atomic E-state index is 12.7. The molecular weight excluding hydrogens is 279 g/mol. The number of rotatable bonds is 5. The zero-order chi connectivity index (χ0) is 14.4. The predicted molar refractivity (Wildman–Crippen MR) is 75.9 cm³/mol. The number of carbonyl (C=O) groups is 1. The minimum absolute atomic E-state index is 0.149. The molecule has 0 bridgehead atoms. The fraction of sp³-hybridized carbons (Fsp3) is 0.214. The van der Waals surface area contributed by atoms with Crippen LogP contribution in [0.25, 0.3) is 0 Å². The number of hydrogen-bond donors (Lipinski definition) is 3. The van der Waals surface area contributed by atoms with E-state index < -0.39 is 6.10 Å². The molecule has 106 valence electrons. The minimum atomic E-state index is -0.702. The van der Waals surface area contributed by atoms with Crippen LogP contribution in [0.15, 0.2) is 41.8 Å². The molecule has 1 heterocycles. The van der Waals surface area contributed by atoms with Crippen LogP contribution in [0.2, 0.25) is 0 Å². The second kappa shape index (κ2) is 7.02. The number of aliphatic hydroxyl groups is 1. The summed E-state index contributed by atoms with van der Waals surface area (Å²) in [5.41, 5.74) is 0.806. The highest BCUT2D eigenvalue weighted by atomic mass is 32.1. The maximum Gasteiger partial charge on any atom is 0.315 e. The first-order chi connectivity index (χ1) is 9.65. The van der Waals surface area contributed by atoms with Crippen LogP contribution >= 0.6 is 11.3 Å². The molecule has 2 amide bonds. The Morgan fingerprint density at radius 3 is 2.65 bits per heavy atom. The predicted octanol–water partition coefficient (Wildman–Crippen LogP) is 2.42. The van der Waals surface area contributed by atoms with E-state index in [1.54, 1.807) is 12.1 Å². The van der Waals surface area contributed by atoms with Crippen LogP contribution in [-0.2, 0) is 6.54 Å². The van der Waals surface area contributed by atoms with Crippen LogP contribution in [-0.4, -0.2) is 17.7 Å². The highest BCUT2D eigenvalue weighted by molar-refractivity contribution is 7.10. The van der Waals surface area contributed by atoms with Crippen molar-refractivity contribution in [3.05, 3.63) is 58.0 Å². The molecule has 0 fully saturated rings. The summed E-state index contributed by atoms with van der Waals surface area (Å²) in [6, 6.07) is 9.19. The van der Waals surface area contributed by atoms with Crippen LogP contribution in [0.4, 0.5) is 9.18 Å². The number of nitrogens with one attached hydrogen (secondary N) is 2. The van der Waals surface area contributed by atoms with Gasteiger partial charge in [0, 0.05) is 11.4 Å². The van der Waals surface area contributed by atoms with Gasteiger partial charge in [0.1, 0.15) is 11.9 Å². The first kappa shape index (κ1) is 14.5. The molecular formula is C14H15FN2O2S. The summed E-state index contributed by atoms with van der Waals surface area (Å²) in [5.74, 6) is -0.308. The van der Waals surface area contributed by atoms with E-state index >= 15 is 0 Å². The molecule has 4 nitrogen and oxygen atoms in total. The molecule has 2 aromatic rings. The largest absolute Gasteiger partial charge is 0.386 e. The van der Waals surface area contributed by atoms with Crippen LogP contribution in [0.5, 0.6) is 0 Å². The fourth-order valence-electron chi connectivity index (χ4n) is 1.62. The van der Waals surface area contributed by atoms with Gasteiger partial charge in [-0.25, -0.2) is 9.18 Å². The summed E-state index contributed by atoms with van der Waals surface area (Å²) in [6.45, 7) is 0.455. The van der Waals surface area contributed by atoms with E-state index in [0.717, 1.165) is 10.4 Å². The Labute approximate surface area is 120 Å². The van der Waals surface area contributed by atoms with E-state index in [0.29, 0.717) is 6.54 Å². The van der Waals surface area contributed by atoms with Gasteiger partial charge in [0.25, 0.3) is 0 Å². The van der Waals surface area contributed by atoms with Crippen molar-refractivity contribution in [3.8, 4) is 0 Å². The molecule has 0 aliphatic heterocycles. The Hall–Kier alpha value is -1.92. The number of amides is 2. The van der Waals surface area contributed by atoms with Crippen molar-refractivity contribution < 1.29 is 14.3 Å². The summed E-state index contributed by atoms with van der Waals surface area (Å²) in [7, 11) is 0. The molecule has 1 atom stereocenters. The summed E-state index contributed by atoms with van der Waals surface area (Å²) >= 11 is 1.44. The van der Waals surface area contributed by atoms with Crippen molar-refractivity contribution >= 4 is 17.4 Å². The summed E-state index contributed by atoms with van der Waals surface area (Å²) in [4.78, 5) is 12.4. The molecule has 1 aromatic heterocycles. The average Bonchev–Trinajstić information content (AvgIpc) is 2.98. The van der Waals surface area contributed by atoms with Crippen LogP contribution in [0.1, 0.15) is 16.5 Å². The highest BCUT2D eigenvalue weighted by Crippen LogP contribution is 2.17. The zero-order valence-corrected chi connectivity index (χ0v) is 11.5. The van der Waals surface area contributed by atoms with Crippen LogP contribution < -0.4 is 10.6 Å². The SMILES string of the molecule is O=C(NCc1ccc(F)cc1)NC[C@H](O)c1cccs1.